The van der Waals surface area contributed by atoms with E-state index < -0.39 is 0 Å². The van der Waals surface area contributed by atoms with Crippen LogP contribution in [-0.2, 0) is 19.4 Å². The fourth-order valence-corrected chi connectivity index (χ4v) is 3.92. The smallest absolute Gasteiger partial charge is 0.115 e. The molecular formula is C14H20N4S. The Morgan fingerprint density at radius 3 is 2.95 bits per heavy atom. The zero-order valence-electron chi connectivity index (χ0n) is 11.5. The summed E-state index contributed by atoms with van der Waals surface area (Å²) in [5.41, 5.74) is 2.53. The molecule has 2 aromatic rings. The van der Waals surface area contributed by atoms with E-state index in [2.05, 4.69) is 23.5 Å². The van der Waals surface area contributed by atoms with Crippen LogP contribution in [0.5, 0.6) is 0 Å². The molecule has 0 radical (unpaired) electrons. The van der Waals surface area contributed by atoms with E-state index in [0.717, 1.165) is 13.0 Å². The molecule has 19 heavy (non-hydrogen) atoms. The van der Waals surface area contributed by atoms with Gasteiger partial charge in [-0.3, -0.25) is 4.68 Å². The van der Waals surface area contributed by atoms with Crippen LogP contribution in [0.1, 0.15) is 46.9 Å². The van der Waals surface area contributed by atoms with E-state index in [-0.39, 0.29) is 6.04 Å². The summed E-state index contributed by atoms with van der Waals surface area (Å²) < 4.78 is 1.97. The highest BCUT2D eigenvalue weighted by molar-refractivity contribution is 7.11. The Kier molecular flexibility index (Phi) is 3.66. The minimum atomic E-state index is 0.177. The van der Waals surface area contributed by atoms with Crippen LogP contribution in [0.25, 0.3) is 0 Å². The van der Waals surface area contributed by atoms with Crippen LogP contribution in [0.4, 0.5) is 0 Å². The molecule has 0 aliphatic heterocycles. The van der Waals surface area contributed by atoms with Crippen LogP contribution < -0.4 is 5.32 Å². The van der Waals surface area contributed by atoms with Crippen molar-refractivity contribution in [3.8, 4) is 0 Å². The van der Waals surface area contributed by atoms with E-state index in [0.29, 0.717) is 0 Å². The van der Waals surface area contributed by atoms with Gasteiger partial charge in [0, 0.05) is 23.2 Å². The first-order chi connectivity index (χ1) is 9.31. The number of nitrogens with zero attached hydrogens (tertiary/aromatic N) is 3. The van der Waals surface area contributed by atoms with Crippen LogP contribution >= 0.6 is 11.3 Å². The number of hydrogen-bond donors (Lipinski definition) is 1. The molecule has 1 aliphatic carbocycles. The molecule has 0 amide bonds. The van der Waals surface area contributed by atoms with Crippen LogP contribution in [0.2, 0.25) is 0 Å². The van der Waals surface area contributed by atoms with Gasteiger partial charge in [0.15, 0.2) is 0 Å². The van der Waals surface area contributed by atoms with Gasteiger partial charge in [0.05, 0.1) is 17.9 Å². The summed E-state index contributed by atoms with van der Waals surface area (Å²) >= 11 is 1.87. The van der Waals surface area contributed by atoms with Crippen molar-refractivity contribution < 1.29 is 0 Å². The molecule has 2 aromatic heterocycles. The highest BCUT2D eigenvalue weighted by Crippen LogP contribution is 2.32. The number of rotatable bonds is 4. The van der Waals surface area contributed by atoms with Crippen molar-refractivity contribution in [3.63, 3.8) is 0 Å². The van der Waals surface area contributed by atoms with E-state index in [1.807, 2.05) is 29.3 Å². The SMILES string of the molecule is CCn1cc(C(NC)c2nc3c(s2)CCCC3)cn1. The Hall–Kier alpha value is -1.20. The maximum Gasteiger partial charge on any atom is 0.115 e. The van der Waals surface area contributed by atoms with Gasteiger partial charge in [-0.1, -0.05) is 0 Å². The molecule has 0 spiro atoms. The number of fused-ring (bicyclic) bond motifs is 1. The van der Waals surface area contributed by atoms with Gasteiger partial charge < -0.3 is 5.32 Å². The molecule has 0 saturated carbocycles. The normalized spacial score (nSPS) is 16.3. The fraction of sp³-hybridized carbons (Fsp3) is 0.571. The molecule has 0 bridgehead atoms. The molecule has 3 rings (SSSR count). The molecule has 0 fully saturated rings. The lowest BCUT2D eigenvalue weighted by atomic mass is 10.0. The lowest BCUT2D eigenvalue weighted by Crippen LogP contribution is -2.17. The Morgan fingerprint density at radius 1 is 1.42 bits per heavy atom. The van der Waals surface area contributed by atoms with Crippen molar-refractivity contribution in [2.75, 3.05) is 7.05 Å². The standard InChI is InChI=1S/C14H20N4S/c1-3-18-9-10(8-16-18)13(15-2)14-17-11-6-4-5-7-12(11)19-14/h8-9,13,15H,3-7H2,1-2H3. The zero-order chi connectivity index (χ0) is 13.2. The second-order valence-electron chi connectivity index (χ2n) is 4.98. The first-order valence-electron chi connectivity index (χ1n) is 7.00. The van der Waals surface area contributed by atoms with Gasteiger partial charge in [0.25, 0.3) is 0 Å². The topological polar surface area (TPSA) is 42.7 Å². The molecule has 0 aromatic carbocycles. The van der Waals surface area contributed by atoms with Crippen LogP contribution in [0, 0.1) is 0 Å². The quantitative estimate of drug-likeness (QED) is 0.933. The number of nitrogens with one attached hydrogen (secondary N) is 1. The van der Waals surface area contributed by atoms with Gasteiger partial charge in [0.1, 0.15) is 5.01 Å². The summed E-state index contributed by atoms with van der Waals surface area (Å²) in [5.74, 6) is 0. The average Bonchev–Trinajstić information content (AvgIpc) is 3.05. The number of hydrogen-bond acceptors (Lipinski definition) is 4. The molecule has 1 atom stereocenters. The summed E-state index contributed by atoms with van der Waals surface area (Å²) in [6.45, 7) is 3.01. The van der Waals surface area contributed by atoms with Gasteiger partial charge in [-0.25, -0.2) is 4.98 Å². The maximum absolute atomic E-state index is 4.85. The third-order valence-corrected chi connectivity index (χ3v) is 4.93. The summed E-state index contributed by atoms with van der Waals surface area (Å²) in [7, 11) is 1.99. The fourth-order valence-electron chi connectivity index (χ4n) is 2.63. The second kappa shape index (κ2) is 5.43. The summed E-state index contributed by atoms with van der Waals surface area (Å²) in [4.78, 5) is 6.34. The van der Waals surface area contributed by atoms with Crippen molar-refractivity contribution >= 4 is 11.3 Å². The van der Waals surface area contributed by atoms with Crippen molar-refractivity contribution in [2.45, 2.75) is 45.2 Å². The van der Waals surface area contributed by atoms with Gasteiger partial charge in [0.2, 0.25) is 0 Å². The lowest BCUT2D eigenvalue weighted by molar-refractivity contribution is 0.649. The van der Waals surface area contributed by atoms with Gasteiger partial charge >= 0.3 is 0 Å². The van der Waals surface area contributed by atoms with E-state index in [9.17, 15) is 0 Å². The first kappa shape index (κ1) is 12.8. The lowest BCUT2D eigenvalue weighted by Gasteiger charge is -2.10. The Labute approximate surface area is 117 Å². The molecular weight excluding hydrogens is 256 g/mol. The van der Waals surface area contributed by atoms with E-state index in [4.69, 9.17) is 4.98 Å². The van der Waals surface area contributed by atoms with Gasteiger partial charge in [-0.15, -0.1) is 11.3 Å². The van der Waals surface area contributed by atoms with Gasteiger partial charge in [-0.05, 0) is 39.7 Å². The molecule has 5 heteroatoms. The van der Waals surface area contributed by atoms with Crippen molar-refractivity contribution in [2.24, 2.45) is 0 Å². The minimum absolute atomic E-state index is 0.177. The van der Waals surface area contributed by atoms with Crippen molar-refractivity contribution in [3.05, 3.63) is 33.5 Å². The number of thiazole rings is 1. The first-order valence-corrected chi connectivity index (χ1v) is 7.81. The Morgan fingerprint density at radius 2 is 2.26 bits per heavy atom. The van der Waals surface area contributed by atoms with E-state index in [1.54, 1.807) is 0 Å². The largest absolute Gasteiger partial charge is 0.307 e. The average molecular weight is 276 g/mol. The molecule has 2 heterocycles. The monoisotopic (exact) mass is 276 g/mol. The van der Waals surface area contributed by atoms with E-state index in [1.165, 1.54) is 40.4 Å². The van der Waals surface area contributed by atoms with Crippen LogP contribution in [-0.4, -0.2) is 21.8 Å². The number of aryl methyl sites for hydroxylation is 3. The predicted molar refractivity (Wildman–Crippen MR) is 77.6 cm³/mol. The van der Waals surface area contributed by atoms with Gasteiger partial charge in [-0.2, -0.15) is 5.10 Å². The second-order valence-corrected chi connectivity index (χ2v) is 6.10. The van der Waals surface area contributed by atoms with Crippen molar-refractivity contribution in [1.29, 1.82) is 0 Å². The minimum Gasteiger partial charge on any atom is -0.307 e. The van der Waals surface area contributed by atoms with Crippen molar-refractivity contribution in [1.82, 2.24) is 20.1 Å². The molecule has 4 nitrogen and oxygen atoms in total. The number of aromatic nitrogens is 3. The molecule has 0 saturated heterocycles. The molecule has 1 aliphatic rings. The third-order valence-electron chi connectivity index (χ3n) is 3.71. The predicted octanol–water partition coefficient (Wildman–Crippen LogP) is 2.55. The summed E-state index contributed by atoms with van der Waals surface area (Å²) in [6, 6.07) is 0.177. The maximum atomic E-state index is 4.85. The zero-order valence-corrected chi connectivity index (χ0v) is 12.3. The molecule has 1 N–H and O–H groups in total. The highest BCUT2D eigenvalue weighted by atomic mass is 32.1. The summed E-state index contributed by atoms with van der Waals surface area (Å²) in [6.07, 6.45) is 9.02. The summed E-state index contributed by atoms with van der Waals surface area (Å²) in [5, 5.41) is 8.93. The Bertz CT molecular complexity index is 534. The van der Waals surface area contributed by atoms with E-state index >= 15 is 0 Å². The van der Waals surface area contributed by atoms with Crippen LogP contribution in [0.15, 0.2) is 12.4 Å². The molecule has 1 unspecified atom stereocenters. The third kappa shape index (κ3) is 2.44. The Balaban J connectivity index is 1.91. The molecule has 102 valence electrons. The highest BCUT2D eigenvalue weighted by Gasteiger charge is 2.22. The van der Waals surface area contributed by atoms with Crippen LogP contribution in [0.3, 0.4) is 0 Å².